The van der Waals surface area contributed by atoms with Gasteiger partial charge in [0.25, 0.3) is 0 Å². The second-order valence-corrected chi connectivity index (χ2v) is 5.77. The molecule has 1 fully saturated rings. The molecule has 2 atom stereocenters. The molecule has 2 aromatic rings. The summed E-state index contributed by atoms with van der Waals surface area (Å²) in [6, 6.07) is 15.5. The Labute approximate surface area is 132 Å². The number of methoxy groups -OCH3 is 1. The summed E-state index contributed by atoms with van der Waals surface area (Å²) in [5.41, 5.74) is 2.35. The molecule has 1 N–H and O–H groups in total. The summed E-state index contributed by atoms with van der Waals surface area (Å²) >= 11 is 0. The fraction of sp³-hybridized carbons (Fsp3) is 0.389. The molecule has 2 unspecified atom stereocenters. The van der Waals surface area contributed by atoms with Crippen LogP contribution in [0.2, 0.25) is 0 Å². The molecular weight excluding hydrogens is 274 g/mol. The number of hydrogen-bond donors (Lipinski definition) is 1. The van der Waals surface area contributed by atoms with Gasteiger partial charge >= 0.3 is 0 Å². The molecule has 116 valence electrons. The van der Waals surface area contributed by atoms with Crippen molar-refractivity contribution in [2.45, 2.75) is 25.4 Å². The van der Waals surface area contributed by atoms with E-state index < -0.39 is 0 Å². The first-order valence-electron chi connectivity index (χ1n) is 7.82. The number of nitrogens with zero attached hydrogens (tertiary/aromatic N) is 2. The minimum absolute atomic E-state index is 0.435. The van der Waals surface area contributed by atoms with Gasteiger partial charge in [-0.2, -0.15) is 0 Å². The predicted octanol–water partition coefficient (Wildman–Crippen LogP) is 3.34. The number of ether oxygens (including phenoxy) is 1. The SMILES string of the molecule is COc1ncccc1NC1CCN(C(C)c2ccccc2)C1. The van der Waals surface area contributed by atoms with Crippen molar-refractivity contribution in [1.29, 1.82) is 0 Å². The number of anilines is 1. The van der Waals surface area contributed by atoms with Gasteiger partial charge in [-0.3, -0.25) is 4.90 Å². The lowest BCUT2D eigenvalue weighted by Gasteiger charge is -2.25. The Morgan fingerprint density at radius 1 is 1.23 bits per heavy atom. The van der Waals surface area contributed by atoms with Crippen molar-refractivity contribution < 1.29 is 4.74 Å². The summed E-state index contributed by atoms with van der Waals surface area (Å²) < 4.78 is 5.31. The summed E-state index contributed by atoms with van der Waals surface area (Å²) in [5, 5.41) is 3.57. The van der Waals surface area contributed by atoms with Crippen LogP contribution in [0, 0.1) is 0 Å². The second-order valence-electron chi connectivity index (χ2n) is 5.77. The van der Waals surface area contributed by atoms with E-state index in [1.165, 1.54) is 5.56 Å². The lowest BCUT2D eigenvalue weighted by atomic mass is 10.1. The fourth-order valence-corrected chi connectivity index (χ4v) is 3.08. The Balaban J connectivity index is 1.63. The lowest BCUT2D eigenvalue weighted by molar-refractivity contribution is 0.261. The van der Waals surface area contributed by atoms with Gasteiger partial charge in [-0.05, 0) is 31.0 Å². The summed E-state index contributed by atoms with van der Waals surface area (Å²) in [6.07, 6.45) is 2.89. The Bertz CT molecular complexity index is 602. The number of pyridine rings is 1. The number of nitrogens with one attached hydrogen (secondary N) is 1. The zero-order valence-corrected chi connectivity index (χ0v) is 13.2. The van der Waals surface area contributed by atoms with E-state index in [0.29, 0.717) is 18.0 Å². The third-order valence-electron chi connectivity index (χ3n) is 4.37. The first kappa shape index (κ1) is 14.9. The van der Waals surface area contributed by atoms with Crippen LogP contribution in [0.4, 0.5) is 5.69 Å². The average Bonchev–Trinajstić information content (AvgIpc) is 3.04. The van der Waals surface area contributed by atoms with Gasteiger partial charge in [-0.15, -0.1) is 0 Å². The van der Waals surface area contributed by atoms with Crippen LogP contribution in [0.1, 0.15) is 24.9 Å². The molecule has 1 aliphatic rings. The molecule has 1 saturated heterocycles. The molecule has 0 radical (unpaired) electrons. The Kier molecular flexibility index (Phi) is 4.59. The van der Waals surface area contributed by atoms with E-state index in [1.54, 1.807) is 13.3 Å². The third kappa shape index (κ3) is 3.22. The third-order valence-corrected chi connectivity index (χ3v) is 4.37. The molecular formula is C18H23N3O. The van der Waals surface area contributed by atoms with Gasteiger partial charge in [-0.25, -0.2) is 4.98 Å². The number of likely N-dealkylation sites (tertiary alicyclic amines) is 1. The highest BCUT2D eigenvalue weighted by molar-refractivity contribution is 5.52. The summed E-state index contributed by atoms with van der Waals surface area (Å²) in [7, 11) is 1.66. The van der Waals surface area contributed by atoms with Crippen LogP contribution >= 0.6 is 0 Å². The molecule has 4 heteroatoms. The number of rotatable bonds is 5. The summed E-state index contributed by atoms with van der Waals surface area (Å²) in [6.45, 7) is 4.42. The highest BCUT2D eigenvalue weighted by atomic mass is 16.5. The standard InChI is InChI=1S/C18H23N3O/c1-14(15-7-4-3-5-8-15)21-12-10-16(13-21)20-17-9-6-11-19-18(17)22-2/h3-9,11,14,16,20H,10,12-13H2,1-2H3. The van der Waals surface area contributed by atoms with Crippen molar-refractivity contribution in [3.63, 3.8) is 0 Å². The minimum atomic E-state index is 0.435. The van der Waals surface area contributed by atoms with E-state index in [4.69, 9.17) is 4.74 Å². The van der Waals surface area contributed by atoms with Gasteiger partial charge in [0.2, 0.25) is 5.88 Å². The zero-order valence-electron chi connectivity index (χ0n) is 13.2. The molecule has 3 rings (SSSR count). The monoisotopic (exact) mass is 297 g/mol. The van der Waals surface area contributed by atoms with Crippen LogP contribution < -0.4 is 10.1 Å². The molecule has 1 aromatic carbocycles. The van der Waals surface area contributed by atoms with Crippen molar-refractivity contribution in [1.82, 2.24) is 9.88 Å². The Hall–Kier alpha value is -2.07. The van der Waals surface area contributed by atoms with Crippen molar-refractivity contribution in [2.24, 2.45) is 0 Å². The Morgan fingerprint density at radius 2 is 2.05 bits per heavy atom. The first-order valence-corrected chi connectivity index (χ1v) is 7.82. The molecule has 1 aliphatic heterocycles. The van der Waals surface area contributed by atoms with Gasteiger partial charge in [-0.1, -0.05) is 30.3 Å². The minimum Gasteiger partial charge on any atom is -0.480 e. The van der Waals surface area contributed by atoms with Gasteiger partial charge in [0.05, 0.1) is 12.8 Å². The largest absolute Gasteiger partial charge is 0.480 e. The van der Waals surface area contributed by atoms with Gasteiger partial charge < -0.3 is 10.1 Å². The van der Waals surface area contributed by atoms with Crippen LogP contribution in [0.5, 0.6) is 5.88 Å². The molecule has 4 nitrogen and oxygen atoms in total. The average molecular weight is 297 g/mol. The maximum Gasteiger partial charge on any atom is 0.237 e. The molecule has 0 bridgehead atoms. The topological polar surface area (TPSA) is 37.4 Å². The van der Waals surface area contributed by atoms with Crippen molar-refractivity contribution in [3.8, 4) is 5.88 Å². The van der Waals surface area contributed by atoms with Crippen LogP contribution in [0.15, 0.2) is 48.7 Å². The van der Waals surface area contributed by atoms with E-state index in [1.807, 2.05) is 12.1 Å². The molecule has 0 amide bonds. The molecule has 0 aliphatic carbocycles. The van der Waals surface area contributed by atoms with Crippen LogP contribution in [-0.2, 0) is 0 Å². The van der Waals surface area contributed by atoms with E-state index in [-0.39, 0.29) is 0 Å². The van der Waals surface area contributed by atoms with Crippen LogP contribution in [0.3, 0.4) is 0 Å². The van der Waals surface area contributed by atoms with Crippen LogP contribution in [0.25, 0.3) is 0 Å². The summed E-state index contributed by atoms with van der Waals surface area (Å²) in [5.74, 6) is 0.664. The fourth-order valence-electron chi connectivity index (χ4n) is 3.08. The lowest BCUT2D eigenvalue weighted by Crippen LogP contribution is -2.28. The second kappa shape index (κ2) is 6.79. The van der Waals surface area contributed by atoms with Crippen LogP contribution in [-0.4, -0.2) is 36.1 Å². The van der Waals surface area contributed by atoms with Crippen molar-refractivity contribution in [3.05, 3.63) is 54.2 Å². The van der Waals surface area contributed by atoms with E-state index in [2.05, 4.69) is 52.5 Å². The van der Waals surface area contributed by atoms with Gasteiger partial charge in [0, 0.05) is 31.4 Å². The molecule has 22 heavy (non-hydrogen) atoms. The van der Waals surface area contributed by atoms with E-state index in [0.717, 1.165) is 25.2 Å². The number of benzene rings is 1. The maximum absolute atomic E-state index is 5.31. The smallest absolute Gasteiger partial charge is 0.237 e. The highest BCUT2D eigenvalue weighted by Gasteiger charge is 2.27. The van der Waals surface area contributed by atoms with E-state index in [9.17, 15) is 0 Å². The maximum atomic E-state index is 5.31. The molecule has 0 saturated carbocycles. The number of hydrogen-bond acceptors (Lipinski definition) is 4. The highest BCUT2D eigenvalue weighted by Crippen LogP contribution is 2.28. The molecule has 0 spiro atoms. The van der Waals surface area contributed by atoms with E-state index >= 15 is 0 Å². The molecule has 2 heterocycles. The zero-order chi connectivity index (χ0) is 15.4. The van der Waals surface area contributed by atoms with Crippen molar-refractivity contribution in [2.75, 3.05) is 25.5 Å². The first-order chi connectivity index (χ1) is 10.8. The Morgan fingerprint density at radius 3 is 2.82 bits per heavy atom. The normalized spacial score (nSPS) is 19.8. The quantitative estimate of drug-likeness (QED) is 0.918. The van der Waals surface area contributed by atoms with Gasteiger partial charge in [0.15, 0.2) is 0 Å². The number of aromatic nitrogens is 1. The predicted molar refractivity (Wildman–Crippen MR) is 89.2 cm³/mol. The van der Waals surface area contributed by atoms with Crippen molar-refractivity contribution >= 4 is 5.69 Å². The van der Waals surface area contributed by atoms with Gasteiger partial charge in [0.1, 0.15) is 0 Å². The summed E-state index contributed by atoms with van der Waals surface area (Å²) in [4.78, 5) is 6.77. The molecule has 1 aromatic heterocycles.